The van der Waals surface area contributed by atoms with Crippen molar-refractivity contribution in [2.24, 2.45) is 29.1 Å². The molecule has 4 amide bonds. The minimum Gasteiger partial charge on any atom is -0.508 e. The Hall–Kier alpha value is -5.90. The molecule has 0 bridgehead atoms. The Morgan fingerprint density at radius 1 is 0.943 bits per heavy atom. The fourth-order valence-electron chi connectivity index (χ4n) is 8.90. The molecule has 2 aliphatic carbocycles. The molecule has 1 N–H and O–H groups in total. The number of nitro benzene ring substituents is 2. The topological polar surface area (TPSA) is 194 Å². The Bertz CT molecular complexity index is 2190. The lowest BCUT2D eigenvalue weighted by Gasteiger charge is -2.49. The first-order valence-corrected chi connectivity index (χ1v) is 16.8. The third-order valence-corrected chi connectivity index (χ3v) is 11.4. The number of halogens is 2. The smallest absolute Gasteiger partial charge is 0.301 e. The van der Waals surface area contributed by atoms with E-state index < -0.39 is 85.7 Å². The maximum atomic E-state index is 14.6. The van der Waals surface area contributed by atoms with Gasteiger partial charge in [-0.25, -0.2) is 14.2 Å². The number of methoxy groups -OCH3 is 1. The van der Waals surface area contributed by atoms with Gasteiger partial charge in [0.15, 0.2) is 5.69 Å². The van der Waals surface area contributed by atoms with Crippen LogP contribution >= 0.6 is 11.6 Å². The van der Waals surface area contributed by atoms with Crippen molar-refractivity contribution < 1.29 is 43.3 Å². The van der Waals surface area contributed by atoms with Crippen LogP contribution in [0.25, 0.3) is 0 Å². The first kappa shape index (κ1) is 35.5. The number of benzene rings is 3. The van der Waals surface area contributed by atoms with Crippen LogP contribution in [0.1, 0.15) is 31.2 Å². The lowest BCUT2D eigenvalue weighted by atomic mass is 9.51. The largest absolute Gasteiger partial charge is 0.508 e. The number of nitro groups is 2. The molecule has 7 rings (SSSR count). The van der Waals surface area contributed by atoms with Crippen LogP contribution in [-0.4, -0.2) is 59.8 Å². The molecular formula is C36H31ClFN5O10. The Kier molecular flexibility index (Phi) is 8.28. The molecule has 2 saturated heterocycles. The van der Waals surface area contributed by atoms with Crippen molar-refractivity contribution >= 4 is 63.7 Å². The molecule has 3 fully saturated rings. The second-order valence-corrected chi connectivity index (χ2v) is 14.3. The molecule has 6 atom stereocenters. The molecule has 17 heteroatoms. The van der Waals surface area contributed by atoms with Crippen LogP contribution in [0.2, 0.25) is 5.02 Å². The van der Waals surface area contributed by atoms with Gasteiger partial charge in [-0.2, -0.15) is 0 Å². The van der Waals surface area contributed by atoms with Gasteiger partial charge in [-0.3, -0.25) is 39.4 Å². The Morgan fingerprint density at radius 2 is 1.60 bits per heavy atom. The minimum atomic E-state index is -1.59. The molecule has 53 heavy (non-hydrogen) atoms. The second-order valence-electron chi connectivity index (χ2n) is 13.9. The van der Waals surface area contributed by atoms with Gasteiger partial charge in [-0.1, -0.05) is 29.3 Å². The molecule has 0 spiro atoms. The number of hydrogen-bond donors (Lipinski definition) is 1. The molecule has 0 unspecified atom stereocenters. The van der Waals surface area contributed by atoms with Crippen molar-refractivity contribution in [2.45, 2.75) is 25.7 Å². The summed E-state index contributed by atoms with van der Waals surface area (Å²) in [5.74, 6) is -8.92. The lowest BCUT2D eigenvalue weighted by Crippen LogP contribution is -2.49. The fraction of sp³-hybridized carbons (Fsp3) is 0.333. The molecule has 3 aromatic carbocycles. The first-order valence-electron chi connectivity index (χ1n) is 16.5. The van der Waals surface area contributed by atoms with Gasteiger partial charge in [0.1, 0.15) is 17.3 Å². The minimum absolute atomic E-state index is 0.0162. The zero-order valence-corrected chi connectivity index (χ0v) is 29.4. The van der Waals surface area contributed by atoms with Crippen molar-refractivity contribution in [2.75, 3.05) is 35.9 Å². The van der Waals surface area contributed by atoms with Crippen LogP contribution in [-0.2, 0) is 19.2 Å². The molecule has 274 valence electrons. The summed E-state index contributed by atoms with van der Waals surface area (Å²) in [7, 11) is 4.14. The van der Waals surface area contributed by atoms with E-state index in [1.165, 1.54) is 44.3 Å². The number of ether oxygens (including phenoxy) is 1. The highest BCUT2D eigenvalue weighted by atomic mass is 35.5. The van der Waals surface area contributed by atoms with Gasteiger partial charge in [0.05, 0.1) is 56.5 Å². The summed E-state index contributed by atoms with van der Waals surface area (Å²) in [6, 6.07) is 9.82. The van der Waals surface area contributed by atoms with E-state index in [2.05, 4.69) is 0 Å². The number of anilines is 3. The van der Waals surface area contributed by atoms with E-state index in [0.717, 1.165) is 34.1 Å². The monoisotopic (exact) mass is 747 g/mol. The summed E-state index contributed by atoms with van der Waals surface area (Å²) < 4.78 is 19.8. The molecule has 0 radical (unpaired) electrons. The van der Waals surface area contributed by atoms with Crippen molar-refractivity contribution in [1.29, 1.82) is 0 Å². The predicted molar refractivity (Wildman–Crippen MR) is 187 cm³/mol. The van der Waals surface area contributed by atoms with Gasteiger partial charge >= 0.3 is 11.4 Å². The number of phenols is 1. The normalized spacial score (nSPS) is 26.2. The van der Waals surface area contributed by atoms with Crippen molar-refractivity contribution in [3.63, 3.8) is 0 Å². The highest BCUT2D eigenvalue weighted by Gasteiger charge is 2.68. The van der Waals surface area contributed by atoms with Gasteiger partial charge in [0, 0.05) is 37.7 Å². The highest BCUT2D eigenvalue weighted by Crippen LogP contribution is 2.65. The van der Waals surface area contributed by atoms with Crippen LogP contribution in [0.3, 0.4) is 0 Å². The van der Waals surface area contributed by atoms with E-state index in [-0.39, 0.29) is 52.0 Å². The van der Waals surface area contributed by atoms with Gasteiger partial charge in [-0.05, 0) is 56.0 Å². The van der Waals surface area contributed by atoms with E-state index in [1.807, 2.05) is 0 Å². The van der Waals surface area contributed by atoms with E-state index in [4.69, 9.17) is 16.3 Å². The van der Waals surface area contributed by atoms with Gasteiger partial charge < -0.3 is 14.7 Å². The average molecular weight is 748 g/mol. The number of fused-ring (bicyclic) bond motifs is 4. The van der Waals surface area contributed by atoms with Crippen molar-refractivity contribution in [3.05, 3.63) is 96.8 Å². The first-order chi connectivity index (χ1) is 25.0. The van der Waals surface area contributed by atoms with E-state index >= 15 is 0 Å². The summed E-state index contributed by atoms with van der Waals surface area (Å²) in [4.78, 5) is 83.1. The summed E-state index contributed by atoms with van der Waals surface area (Å²) in [5.41, 5.74) is -2.97. The zero-order chi connectivity index (χ0) is 38.4. The summed E-state index contributed by atoms with van der Waals surface area (Å²) in [6.45, 7) is 1.58. The van der Waals surface area contributed by atoms with Crippen molar-refractivity contribution in [3.8, 4) is 11.5 Å². The van der Waals surface area contributed by atoms with Crippen LogP contribution in [0.4, 0.5) is 32.8 Å². The van der Waals surface area contributed by atoms with E-state index in [0.29, 0.717) is 5.57 Å². The second kappa shape index (κ2) is 12.4. The Balaban J connectivity index is 1.39. The quantitative estimate of drug-likeness (QED) is 0.139. The number of carbonyl (C=O) groups excluding carboxylic acids is 4. The SMILES string of the molecule is COc1cccc(O)c1[C@H]1C2=CC[C@@H]3C(=O)N(c4cc([N+](=O)[O-])c(N(C)C)c([N+](=O)[O-])c4)C(=O)[C@@H]3[C@@H]2C[C@H]2C(=O)N(c3ccc(F)c(Cl)c3)C(=O)[C@@]12C. The number of imide groups is 2. The number of nitrogens with zero attached hydrogens (tertiary/aromatic N) is 5. The third-order valence-electron chi connectivity index (χ3n) is 11.1. The number of hydrogen-bond acceptors (Lipinski definition) is 11. The standard InChI is InChI=1S/C36H31ClFN5O10/c1-36-21(33(46)41(35(36)48)16-8-11-23(38)22(37)12-16)15-20-18(30(36)29-26(44)6-5-7-27(29)53-4)9-10-19-28(20)34(47)40(32(19)45)17-13-24(42(49)50)31(39(2)3)25(14-17)43(51)52/h5-9,11-14,19-21,28,30,44H,10,15H2,1-4H3/t19-,20+,21-,28-,30+,36+/m0/s1. The molecule has 4 aliphatic rings. The summed E-state index contributed by atoms with van der Waals surface area (Å²) in [6.07, 6.45) is 1.59. The lowest BCUT2D eigenvalue weighted by molar-refractivity contribution is -0.392. The number of carbonyl (C=O) groups is 4. The van der Waals surface area contributed by atoms with Gasteiger partial charge in [0.2, 0.25) is 23.6 Å². The molecule has 0 aromatic heterocycles. The molecule has 2 aliphatic heterocycles. The van der Waals surface area contributed by atoms with E-state index in [1.54, 1.807) is 19.1 Å². The van der Waals surface area contributed by atoms with Crippen LogP contribution in [0.15, 0.2) is 60.2 Å². The number of rotatable bonds is 7. The third kappa shape index (κ3) is 4.99. The Morgan fingerprint density at radius 3 is 2.19 bits per heavy atom. The van der Waals surface area contributed by atoms with Crippen LogP contribution in [0.5, 0.6) is 11.5 Å². The molecular weight excluding hydrogens is 717 g/mol. The number of aromatic hydroxyl groups is 1. The number of amides is 4. The van der Waals surface area contributed by atoms with Gasteiger partial charge in [0.25, 0.3) is 0 Å². The summed E-state index contributed by atoms with van der Waals surface area (Å²) >= 11 is 6.06. The zero-order valence-electron chi connectivity index (χ0n) is 28.6. The van der Waals surface area contributed by atoms with Crippen LogP contribution < -0.4 is 19.4 Å². The van der Waals surface area contributed by atoms with E-state index in [9.17, 15) is 48.9 Å². The maximum Gasteiger partial charge on any atom is 0.301 e. The molecule has 1 saturated carbocycles. The van der Waals surface area contributed by atoms with Crippen LogP contribution in [0, 0.1) is 55.1 Å². The number of allylic oxidation sites excluding steroid dienone is 2. The highest BCUT2D eigenvalue weighted by molar-refractivity contribution is 6.32. The predicted octanol–water partition coefficient (Wildman–Crippen LogP) is 5.51. The van der Waals surface area contributed by atoms with Crippen molar-refractivity contribution in [1.82, 2.24) is 0 Å². The molecule has 15 nitrogen and oxygen atoms in total. The van der Waals surface area contributed by atoms with Gasteiger partial charge in [-0.15, -0.1) is 0 Å². The molecule has 3 aromatic rings. The number of phenolic OH excluding ortho intramolecular Hbond substituents is 1. The summed E-state index contributed by atoms with van der Waals surface area (Å²) in [5, 5.41) is 35.3. The molecule has 2 heterocycles. The fourth-order valence-corrected chi connectivity index (χ4v) is 9.08. The Labute approximate surface area is 305 Å². The maximum absolute atomic E-state index is 14.6. The average Bonchev–Trinajstić information content (AvgIpc) is 3.48.